The molecule has 1 atom stereocenters. The van der Waals surface area contributed by atoms with E-state index >= 15 is 0 Å². The van der Waals surface area contributed by atoms with Gasteiger partial charge in [-0.2, -0.15) is 5.10 Å². The minimum atomic E-state index is -0.602. The Balaban J connectivity index is 1.43. The number of nitrogens with one attached hydrogen (secondary N) is 4. The highest BCUT2D eigenvalue weighted by molar-refractivity contribution is 5.56. The minimum absolute atomic E-state index is 0.360. The maximum atomic E-state index is 14.0. The lowest BCUT2D eigenvalue weighted by molar-refractivity contribution is 0.453. The third kappa shape index (κ3) is 4.68. The van der Waals surface area contributed by atoms with Gasteiger partial charge in [-0.15, -0.1) is 0 Å². The van der Waals surface area contributed by atoms with E-state index in [2.05, 4.69) is 36.1 Å². The minimum Gasteiger partial charge on any atom is -0.363 e. The molecule has 0 radical (unpaired) electrons. The van der Waals surface area contributed by atoms with Crippen LogP contribution in [0, 0.1) is 11.6 Å². The second kappa shape index (κ2) is 8.52. The van der Waals surface area contributed by atoms with Crippen molar-refractivity contribution in [1.29, 1.82) is 0 Å². The van der Waals surface area contributed by atoms with Crippen LogP contribution in [0.1, 0.15) is 43.0 Å². The van der Waals surface area contributed by atoms with E-state index < -0.39 is 17.7 Å². The first-order valence-corrected chi connectivity index (χ1v) is 9.65. The molecule has 7 nitrogen and oxygen atoms in total. The summed E-state index contributed by atoms with van der Waals surface area (Å²) in [5, 5.41) is 17.1. The van der Waals surface area contributed by atoms with E-state index in [1.807, 2.05) is 6.07 Å². The molecule has 4 rings (SSSR count). The van der Waals surface area contributed by atoms with Crippen molar-refractivity contribution in [2.45, 2.75) is 31.7 Å². The van der Waals surface area contributed by atoms with Gasteiger partial charge < -0.3 is 16.0 Å². The number of hydrogen-bond acceptors (Lipinski definition) is 6. The fraction of sp³-hybridized carbons (Fsp3) is 0.350. The molecule has 3 heterocycles. The summed E-state index contributed by atoms with van der Waals surface area (Å²) in [5.41, 5.74) is 1.47. The number of aromatic amines is 1. The van der Waals surface area contributed by atoms with E-state index in [4.69, 9.17) is 0 Å². The summed E-state index contributed by atoms with van der Waals surface area (Å²) in [5.74, 6) is 1.05. The number of benzene rings is 1. The summed E-state index contributed by atoms with van der Waals surface area (Å²) in [6.07, 6.45) is 3.58. The molecule has 3 aromatic rings. The van der Waals surface area contributed by atoms with Crippen LogP contribution in [0.5, 0.6) is 0 Å². The summed E-state index contributed by atoms with van der Waals surface area (Å²) in [7, 11) is 0. The van der Waals surface area contributed by atoms with Gasteiger partial charge in [0.2, 0.25) is 0 Å². The smallest absolute Gasteiger partial charge is 0.153 e. The maximum absolute atomic E-state index is 14.0. The summed E-state index contributed by atoms with van der Waals surface area (Å²) in [6, 6.07) is 6.86. The average molecular weight is 399 g/mol. The van der Waals surface area contributed by atoms with Gasteiger partial charge in [0, 0.05) is 35.4 Å². The molecule has 4 N–H and O–H groups in total. The molecule has 0 bridgehead atoms. The highest BCUT2D eigenvalue weighted by atomic mass is 19.1. The Labute approximate surface area is 167 Å². The van der Waals surface area contributed by atoms with E-state index in [0.717, 1.165) is 37.7 Å². The molecule has 1 aliphatic rings. The van der Waals surface area contributed by atoms with Crippen LogP contribution >= 0.6 is 0 Å². The number of H-pyrrole nitrogens is 1. The van der Waals surface area contributed by atoms with Gasteiger partial charge in [-0.3, -0.25) is 5.10 Å². The van der Waals surface area contributed by atoms with Crippen LogP contribution in [-0.4, -0.2) is 33.3 Å². The van der Waals surface area contributed by atoms with Crippen molar-refractivity contribution in [2.24, 2.45) is 0 Å². The topological polar surface area (TPSA) is 90.5 Å². The molecule has 9 heteroatoms. The van der Waals surface area contributed by atoms with Gasteiger partial charge >= 0.3 is 0 Å². The van der Waals surface area contributed by atoms with Crippen LogP contribution < -0.4 is 16.0 Å². The Morgan fingerprint density at radius 3 is 2.62 bits per heavy atom. The number of piperidine rings is 1. The van der Waals surface area contributed by atoms with E-state index in [1.54, 1.807) is 13.0 Å². The van der Waals surface area contributed by atoms with Crippen molar-refractivity contribution < 1.29 is 8.78 Å². The Morgan fingerprint density at radius 2 is 1.83 bits per heavy atom. The van der Waals surface area contributed by atoms with Crippen molar-refractivity contribution >= 4 is 17.5 Å². The third-order valence-electron chi connectivity index (χ3n) is 5.09. The first kappa shape index (κ1) is 19.3. The SMILES string of the molecule is CC(Nc1cc(Nc2cc(C3CCNCC3)[nH]n2)ncn1)c1ccc(F)cc1F. The van der Waals surface area contributed by atoms with Crippen molar-refractivity contribution in [3.63, 3.8) is 0 Å². The van der Waals surface area contributed by atoms with Crippen molar-refractivity contribution in [1.82, 2.24) is 25.5 Å². The Morgan fingerprint density at radius 1 is 1.03 bits per heavy atom. The molecule has 0 aliphatic carbocycles. The number of aromatic nitrogens is 4. The van der Waals surface area contributed by atoms with Crippen molar-refractivity contribution in [3.05, 3.63) is 59.6 Å². The van der Waals surface area contributed by atoms with Gasteiger partial charge in [0.15, 0.2) is 5.82 Å². The second-order valence-corrected chi connectivity index (χ2v) is 7.18. The van der Waals surface area contributed by atoms with E-state index in [9.17, 15) is 8.78 Å². The highest BCUT2D eigenvalue weighted by Crippen LogP contribution is 2.26. The van der Waals surface area contributed by atoms with Gasteiger partial charge in [0.25, 0.3) is 0 Å². The normalized spacial score (nSPS) is 15.8. The number of rotatable bonds is 6. The fourth-order valence-electron chi connectivity index (χ4n) is 3.53. The molecule has 1 aliphatic heterocycles. The molecule has 0 amide bonds. The van der Waals surface area contributed by atoms with Crippen molar-refractivity contribution in [3.8, 4) is 0 Å². The molecule has 2 aromatic heterocycles. The molecule has 0 saturated carbocycles. The van der Waals surface area contributed by atoms with Crippen LogP contribution in [-0.2, 0) is 0 Å². The zero-order valence-corrected chi connectivity index (χ0v) is 16.0. The first-order chi connectivity index (χ1) is 14.1. The van der Waals surface area contributed by atoms with Crippen LogP contribution in [0.15, 0.2) is 36.7 Å². The quantitative estimate of drug-likeness (QED) is 0.503. The lowest BCUT2D eigenvalue weighted by atomic mass is 9.95. The molecule has 152 valence electrons. The number of halogens is 2. The van der Waals surface area contributed by atoms with Crippen LogP contribution in [0.2, 0.25) is 0 Å². The zero-order valence-electron chi connectivity index (χ0n) is 16.0. The fourth-order valence-corrected chi connectivity index (χ4v) is 3.53. The predicted molar refractivity (Wildman–Crippen MR) is 107 cm³/mol. The predicted octanol–water partition coefficient (Wildman–Crippen LogP) is 3.86. The molecular weight excluding hydrogens is 376 g/mol. The van der Waals surface area contributed by atoms with Crippen LogP contribution in [0.3, 0.4) is 0 Å². The molecule has 29 heavy (non-hydrogen) atoms. The van der Waals surface area contributed by atoms with E-state index in [1.165, 1.54) is 18.5 Å². The standard InChI is InChI=1S/C20H23F2N7/c1-12(15-3-2-14(21)8-16(15)22)26-18-10-19(25-11-24-18)27-20-9-17(28-29-20)13-4-6-23-7-5-13/h2-3,8-13,23H,4-7H2,1H3,(H3,24,25,26,27,28,29). The second-order valence-electron chi connectivity index (χ2n) is 7.18. The average Bonchev–Trinajstić information content (AvgIpc) is 3.17. The molecular formula is C20H23F2N7. The summed E-state index contributed by atoms with van der Waals surface area (Å²) < 4.78 is 27.1. The van der Waals surface area contributed by atoms with Gasteiger partial charge in [-0.05, 0) is 38.9 Å². The monoisotopic (exact) mass is 399 g/mol. The Kier molecular flexibility index (Phi) is 5.66. The summed E-state index contributed by atoms with van der Waals surface area (Å²) in [4.78, 5) is 8.39. The molecule has 1 unspecified atom stereocenters. The first-order valence-electron chi connectivity index (χ1n) is 9.65. The zero-order chi connectivity index (χ0) is 20.2. The third-order valence-corrected chi connectivity index (χ3v) is 5.09. The van der Waals surface area contributed by atoms with E-state index in [0.29, 0.717) is 28.9 Å². The largest absolute Gasteiger partial charge is 0.363 e. The maximum Gasteiger partial charge on any atom is 0.153 e. The number of nitrogens with zero attached hydrogens (tertiary/aromatic N) is 3. The number of hydrogen-bond donors (Lipinski definition) is 4. The van der Waals surface area contributed by atoms with Gasteiger partial charge in [-0.25, -0.2) is 18.7 Å². The Bertz CT molecular complexity index is 969. The molecule has 0 spiro atoms. The van der Waals surface area contributed by atoms with Gasteiger partial charge in [-0.1, -0.05) is 6.07 Å². The van der Waals surface area contributed by atoms with Gasteiger partial charge in [0.05, 0.1) is 6.04 Å². The molecule has 1 saturated heterocycles. The summed E-state index contributed by atoms with van der Waals surface area (Å²) >= 11 is 0. The Hall–Kier alpha value is -3.07. The van der Waals surface area contributed by atoms with Crippen LogP contribution in [0.4, 0.5) is 26.2 Å². The highest BCUT2D eigenvalue weighted by Gasteiger charge is 2.18. The lowest BCUT2D eigenvalue weighted by Gasteiger charge is -2.20. The number of anilines is 3. The van der Waals surface area contributed by atoms with Gasteiger partial charge in [0.1, 0.15) is 29.6 Å². The van der Waals surface area contributed by atoms with Crippen LogP contribution in [0.25, 0.3) is 0 Å². The summed E-state index contributed by atoms with van der Waals surface area (Å²) in [6.45, 7) is 3.81. The molecule has 1 fully saturated rings. The molecule has 1 aromatic carbocycles. The van der Waals surface area contributed by atoms with E-state index in [-0.39, 0.29) is 0 Å². The van der Waals surface area contributed by atoms with Crippen molar-refractivity contribution in [2.75, 3.05) is 23.7 Å². The lowest BCUT2D eigenvalue weighted by Crippen LogP contribution is -2.26.